The van der Waals surface area contributed by atoms with Crippen LogP contribution < -0.4 is 10.9 Å². The molecule has 2 N–H and O–H groups in total. The van der Waals surface area contributed by atoms with Crippen molar-refractivity contribution in [3.63, 3.8) is 0 Å². The number of pyridine rings is 1. The summed E-state index contributed by atoms with van der Waals surface area (Å²) in [5, 5.41) is 4.16. The van der Waals surface area contributed by atoms with Gasteiger partial charge in [0, 0.05) is 5.69 Å². The van der Waals surface area contributed by atoms with E-state index in [1.165, 1.54) is 47.6 Å². The Morgan fingerprint density at radius 1 is 1.06 bits per heavy atom. The summed E-state index contributed by atoms with van der Waals surface area (Å²) in [5.74, 6) is -0.464. The van der Waals surface area contributed by atoms with Gasteiger partial charge in [-0.15, -0.1) is 0 Å². The second-order valence-electron chi connectivity index (χ2n) is 7.35. The average molecular weight is 432 g/mol. The quantitative estimate of drug-likeness (QED) is 0.427. The molecule has 0 aliphatic heterocycles. The van der Waals surface area contributed by atoms with Crippen LogP contribution in [-0.2, 0) is 0 Å². The van der Waals surface area contributed by atoms with E-state index in [4.69, 9.17) is 0 Å². The summed E-state index contributed by atoms with van der Waals surface area (Å²) in [4.78, 5) is 29.1. The zero-order valence-electron chi connectivity index (χ0n) is 17.0. The molecule has 0 fully saturated rings. The number of halogens is 2. The Bertz CT molecular complexity index is 1510. The number of nitrogens with zero attached hydrogens (tertiary/aromatic N) is 4. The minimum atomic E-state index is -0.513. The monoisotopic (exact) mass is 432 g/mol. The zero-order chi connectivity index (χ0) is 22.2. The topological polar surface area (TPSA) is 88.5 Å². The largest absolute Gasteiger partial charge is 0.360 e. The molecule has 9 heteroatoms. The third-order valence-electron chi connectivity index (χ3n) is 5.38. The van der Waals surface area contributed by atoms with Crippen molar-refractivity contribution in [1.29, 1.82) is 0 Å². The summed E-state index contributed by atoms with van der Waals surface area (Å²) in [6, 6.07) is 11.3. The van der Waals surface area contributed by atoms with Crippen LogP contribution in [0.25, 0.3) is 27.6 Å². The maximum Gasteiger partial charge on any atom is 0.263 e. The number of benzene rings is 2. The molecule has 160 valence electrons. The summed E-state index contributed by atoms with van der Waals surface area (Å²) >= 11 is 0. The highest BCUT2D eigenvalue weighted by molar-refractivity contribution is 5.84. The van der Waals surface area contributed by atoms with Gasteiger partial charge in [0.2, 0.25) is 0 Å². The first-order valence-corrected chi connectivity index (χ1v) is 10.1. The van der Waals surface area contributed by atoms with E-state index < -0.39 is 17.2 Å². The molecule has 0 saturated carbocycles. The number of fused-ring (bicyclic) bond motifs is 2. The van der Waals surface area contributed by atoms with Crippen molar-refractivity contribution >= 4 is 27.8 Å². The van der Waals surface area contributed by atoms with Crippen molar-refractivity contribution in [2.75, 3.05) is 5.32 Å². The molecule has 2 aromatic carbocycles. The fourth-order valence-electron chi connectivity index (χ4n) is 3.86. The minimum Gasteiger partial charge on any atom is -0.360 e. The van der Waals surface area contributed by atoms with Crippen LogP contribution in [0, 0.1) is 11.6 Å². The van der Waals surface area contributed by atoms with Crippen LogP contribution in [0.1, 0.15) is 25.1 Å². The number of hydrogen-bond acceptors (Lipinski definition) is 5. The molecule has 0 aliphatic carbocycles. The Labute approximate surface area is 180 Å². The molecule has 1 atom stereocenters. The summed E-state index contributed by atoms with van der Waals surface area (Å²) in [6.45, 7) is 1.96. The Morgan fingerprint density at radius 2 is 1.91 bits per heavy atom. The molecule has 0 saturated heterocycles. The van der Waals surface area contributed by atoms with Gasteiger partial charge in [-0.25, -0.2) is 23.7 Å². The van der Waals surface area contributed by atoms with Crippen molar-refractivity contribution in [2.24, 2.45) is 0 Å². The molecule has 3 heterocycles. The third kappa shape index (κ3) is 3.37. The maximum atomic E-state index is 14.0. The molecular formula is C23H18F2N6O. The van der Waals surface area contributed by atoms with Gasteiger partial charge in [0.15, 0.2) is 11.5 Å². The van der Waals surface area contributed by atoms with Gasteiger partial charge in [-0.05, 0) is 48.2 Å². The molecule has 0 radical (unpaired) electrons. The van der Waals surface area contributed by atoms with E-state index in [9.17, 15) is 13.6 Å². The number of nitrogens with one attached hydrogen (secondary N) is 2. The first-order valence-electron chi connectivity index (χ1n) is 10.1. The Hall–Kier alpha value is -4.14. The molecule has 32 heavy (non-hydrogen) atoms. The van der Waals surface area contributed by atoms with Gasteiger partial charge in [0.05, 0.1) is 23.4 Å². The summed E-state index contributed by atoms with van der Waals surface area (Å²) in [5.41, 5.74) is 1.65. The molecule has 7 nitrogen and oxygen atoms in total. The Balaban J connectivity index is 1.74. The van der Waals surface area contributed by atoms with Crippen molar-refractivity contribution in [3.05, 3.63) is 88.9 Å². The Morgan fingerprint density at radius 3 is 2.72 bits per heavy atom. The van der Waals surface area contributed by atoms with Crippen molar-refractivity contribution in [3.8, 4) is 5.69 Å². The summed E-state index contributed by atoms with van der Waals surface area (Å²) in [6.07, 6.45) is 3.51. The van der Waals surface area contributed by atoms with Gasteiger partial charge in [-0.2, -0.15) is 0 Å². The van der Waals surface area contributed by atoms with Crippen LogP contribution in [0.4, 0.5) is 14.6 Å². The van der Waals surface area contributed by atoms with Crippen LogP contribution in [-0.4, -0.2) is 24.5 Å². The smallest absolute Gasteiger partial charge is 0.263 e. The molecule has 0 aliphatic rings. The first kappa shape index (κ1) is 19.8. The predicted molar refractivity (Wildman–Crippen MR) is 118 cm³/mol. The van der Waals surface area contributed by atoms with E-state index in [1.54, 1.807) is 12.1 Å². The SMILES string of the molecule is CC[C@@H](Nc1ncnc2nc[nH]c12)c1cc2ccc(F)cc2c(=O)n1-c1cccc(F)c1. The lowest BCUT2D eigenvalue weighted by atomic mass is 10.0. The average Bonchev–Trinajstić information content (AvgIpc) is 3.27. The molecule has 0 amide bonds. The first-order chi connectivity index (χ1) is 15.5. The Kier molecular flexibility index (Phi) is 4.85. The van der Waals surface area contributed by atoms with Gasteiger partial charge >= 0.3 is 0 Å². The maximum absolute atomic E-state index is 14.0. The zero-order valence-corrected chi connectivity index (χ0v) is 17.0. The van der Waals surface area contributed by atoms with Gasteiger partial charge in [-0.1, -0.05) is 19.1 Å². The van der Waals surface area contributed by atoms with Crippen LogP contribution in [0.15, 0.2) is 66.0 Å². The number of aromatic amines is 1. The second kappa shape index (κ2) is 7.84. The van der Waals surface area contributed by atoms with E-state index >= 15 is 0 Å². The fourth-order valence-corrected chi connectivity index (χ4v) is 3.86. The normalized spacial score (nSPS) is 12.3. The number of aromatic nitrogens is 5. The van der Waals surface area contributed by atoms with E-state index in [1.807, 2.05) is 13.0 Å². The van der Waals surface area contributed by atoms with E-state index in [-0.39, 0.29) is 11.4 Å². The second-order valence-corrected chi connectivity index (χ2v) is 7.35. The van der Waals surface area contributed by atoms with Crippen LogP contribution in [0.5, 0.6) is 0 Å². The summed E-state index contributed by atoms with van der Waals surface area (Å²) in [7, 11) is 0. The number of imidazole rings is 1. The molecular weight excluding hydrogens is 414 g/mol. The summed E-state index contributed by atoms with van der Waals surface area (Å²) < 4.78 is 29.4. The minimum absolute atomic E-state index is 0.214. The van der Waals surface area contributed by atoms with Gasteiger partial charge in [-0.3, -0.25) is 9.36 Å². The number of H-pyrrole nitrogens is 1. The third-order valence-corrected chi connectivity index (χ3v) is 5.38. The molecule has 0 bridgehead atoms. The molecule has 5 rings (SSSR count). The predicted octanol–water partition coefficient (Wildman–Crippen LogP) is 4.50. The lowest BCUT2D eigenvalue weighted by Gasteiger charge is -2.23. The van der Waals surface area contributed by atoms with Gasteiger partial charge in [0.25, 0.3) is 5.56 Å². The molecule has 0 spiro atoms. The number of hydrogen-bond donors (Lipinski definition) is 2. The molecule has 3 aromatic heterocycles. The lowest BCUT2D eigenvalue weighted by molar-refractivity contribution is 0.623. The van der Waals surface area contributed by atoms with Gasteiger partial charge in [0.1, 0.15) is 23.5 Å². The van der Waals surface area contributed by atoms with E-state index in [0.29, 0.717) is 40.2 Å². The van der Waals surface area contributed by atoms with Crippen LogP contribution in [0.2, 0.25) is 0 Å². The highest BCUT2D eigenvalue weighted by atomic mass is 19.1. The van der Waals surface area contributed by atoms with Gasteiger partial charge < -0.3 is 10.3 Å². The van der Waals surface area contributed by atoms with Crippen molar-refractivity contribution < 1.29 is 8.78 Å². The lowest BCUT2D eigenvalue weighted by Crippen LogP contribution is -2.26. The highest BCUT2D eigenvalue weighted by Crippen LogP contribution is 2.28. The van der Waals surface area contributed by atoms with E-state index in [2.05, 4.69) is 25.3 Å². The van der Waals surface area contributed by atoms with E-state index in [0.717, 1.165) is 0 Å². The standard InChI is InChI=1S/C23H18F2N6O/c1-2-18(30-22-20-21(27-11-26-20)28-12-29-22)19-8-13-6-7-15(25)10-17(13)23(32)31(19)16-5-3-4-14(24)9-16/h3-12,18H,2H2,1H3,(H2,26,27,28,29,30)/t18-/m1/s1. The fraction of sp³-hybridized carbons (Fsp3) is 0.130. The number of anilines is 1. The highest BCUT2D eigenvalue weighted by Gasteiger charge is 2.20. The van der Waals surface area contributed by atoms with Crippen LogP contribution in [0.3, 0.4) is 0 Å². The molecule has 5 aromatic rings. The van der Waals surface area contributed by atoms with Crippen molar-refractivity contribution in [1.82, 2.24) is 24.5 Å². The van der Waals surface area contributed by atoms with Crippen LogP contribution >= 0.6 is 0 Å². The molecule has 0 unspecified atom stereocenters. The number of rotatable bonds is 5. The van der Waals surface area contributed by atoms with Crippen molar-refractivity contribution in [2.45, 2.75) is 19.4 Å².